The quantitative estimate of drug-likeness (QED) is 0.623. The predicted octanol–water partition coefficient (Wildman–Crippen LogP) is 1.47. The molecular weight excluding hydrogens is 287 g/mol. The van der Waals surface area contributed by atoms with Gasteiger partial charge in [-0.1, -0.05) is 30.3 Å². The maximum Gasteiger partial charge on any atom is 0.525 e. The Bertz CT molecular complexity index is 542. The van der Waals surface area contributed by atoms with Gasteiger partial charge in [0.1, 0.15) is 0 Å². The van der Waals surface area contributed by atoms with Crippen molar-refractivity contribution in [3.05, 3.63) is 35.9 Å². The summed E-state index contributed by atoms with van der Waals surface area (Å²) in [6.45, 7) is 0. The van der Waals surface area contributed by atoms with Crippen LogP contribution in [0, 0.1) is 0 Å². The van der Waals surface area contributed by atoms with Gasteiger partial charge in [0.25, 0.3) is 5.91 Å². The van der Waals surface area contributed by atoms with Gasteiger partial charge in [-0.3, -0.25) is 4.79 Å². The van der Waals surface area contributed by atoms with E-state index in [1.165, 1.54) is 0 Å². The Hall–Kier alpha value is -1.61. The third-order valence-corrected chi connectivity index (χ3v) is 3.03. The first kappa shape index (κ1) is 15.4. The predicted molar refractivity (Wildman–Crippen MR) is 59.0 cm³/mol. The fourth-order valence-corrected chi connectivity index (χ4v) is 1.57. The number of benzene rings is 1. The van der Waals surface area contributed by atoms with Gasteiger partial charge in [0, 0.05) is 7.05 Å². The van der Waals surface area contributed by atoms with Crippen molar-refractivity contribution in [2.24, 2.45) is 0 Å². The molecule has 1 aromatic rings. The van der Waals surface area contributed by atoms with Crippen molar-refractivity contribution in [2.75, 3.05) is 7.05 Å². The third kappa shape index (κ3) is 4.21. The minimum atomic E-state index is -5.83. The van der Waals surface area contributed by atoms with Crippen LogP contribution in [0.4, 0.5) is 13.2 Å². The summed E-state index contributed by atoms with van der Waals surface area (Å²) < 4.78 is 61.1. The zero-order valence-electron chi connectivity index (χ0n) is 9.72. The Morgan fingerprint density at radius 2 is 1.79 bits per heavy atom. The highest BCUT2D eigenvalue weighted by Gasteiger charge is 2.49. The lowest BCUT2D eigenvalue weighted by Gasteiger charge is -2.17. The molecule has 1 amide bonds. The lowest BCUT2D eigenvalue weighted by Crippen LogP contribution is -2.36. The van der Waals surface area contributed by atoms with Crippen LogP contribution >= 0.6 is 0 Å². The summed E-state index contributed by atoms with van der Waals surface area (Å²) >= 11 is 0. The Kier molecular flexibility index (Phi) is 4.53. The minimum Gasteiger partial charge on any atom is -0.272 e. The topological polar surface area (TPSA) is 63.7 Å². The molecule has 0 bridgehead atoms. The Labute approximate surface area is 107 Å². The molecule has 0 fully saturated rings. The molecule has 0 heterocycles. The van der Waals surface area contributed by atoms with Crippen LogP contribution in [0.15, 0.2) is 30.3 Å². The fourth-order valence-electron chi connectivity index (χ4n) is 1.11. The van der Waals surface area contributed by atoms with E-state index in [9.17, 15) is 26.4 Å². The number of amides is 1. The van der Waals surface area contributed by atoms with Crippen molar-refractivity contribution in [2.45, 2.75) is 11.9 Å². The van der Waals surface area contributed by atoms with Crippen LogP contribution < -0.4 is 0 Å². The zero-order chi connectivity index (χ0) is 14.7. The second-order valence-electron chi connectivity index (χ2n) is 3.53. The lowest BCUT2D eigenvalue weighted by molar-refractivity contribution is -0.154. The second-order valence-corrected chi connectivity index (χ2v) is 5.05. The van der Waals surface area contributed by atoms with Crippen LogP contribution in [0.3, 0.4) is 0 Å². The van der Waals surface area contributed by atoms with Crippen molar-refractivity contribution < 1.29 is 30.7 Å². The zero-order valence-corrected chi connectivity index (χ0v) is 10.5. The van der Waals surface area contributed by atoms with E-state index in [0.29, 0.717) is 5.56 Å². The summed E-state index contributed by atoms with van der Waals surface area (Å²) in [6, 6.07) is 8.11. The molecule has 0 atom stereocenters. The Morgan fingerprint density at radius 1 is 1.26 bits per heavy atom. The second kappa shape index (κ2) is 5.57. The van der Waals surface area contributed by atoms with E-state index in [0.717, 1.165) is 7.05 Å². The molecule has 106 valence electrons. The van der Waals surface area contributed by atoms with Gasteiger partial charge in [0.2, 0.25) is 0 Å². The van der Waals surface area contributed by atoms with Crippen molar-refractivity contribution in [1.82, 2.24) is 5.06 Å². The van der Waals surface area contributed by atoms with E-state index in [1.54, 1.807) is 30.3 Å². The average molecular weight is 297 g/mol. The number of hydroxylamine groups is 2. The summed E-state index contributed by atoms with van der Waals surface area (Å²) in [7, 11) is -5.03. The van der Waals surface area contributed by atoms with Gasteiger partial charge in [-0.25, -0.2) is 5.06 Å². The first-order valence-electron chi connectivity index (χ1n) is 4.95. The van der Waals surface area contributed by atoms with E-state index in [-0.39, 0.29) is 11.5 Å². The number of likely N-dealkylation sites (N-methyl/N-ethyl adjacent to an activating group) is 1. The molecule has 0 radical (unpaired) electrons. The molecule has 0 saturated carbocycles. The molecule has 0 aliphatic heterocycles. The van der Waals surface area contributed by atoms with Crippen molar-refractivity contribution in [3.63, 3.8) is 0 Å². The summed E-state index contributed by atoms with van der Waals surface area (Å²) in [6.07, 6.45) is -0.273. The van der Waals surface area contributed by atoms with E-state index >= 15 is 0 Å². The number of hydrogen-bond donors (Lipinski definition) is 0. The molecule has 5 nitrogen and oxygen atoms in total. The molecule has 19 heavy (non-hydrogen) atoms. The van der Waals surface area contributed by atoms with Gasteiger partial charge in [-0.2, -0.15) is 21.6 Å². The summed E-state index contributed by atoms with van der Waals surface area (Å²) in [5.41, 5.74) is -5.05. The van der Waals surface area contributed by atoms with Gasteiger partial charge < -0.3 is 0 Å². The van der Waals surface area contributed by atoms with Crippen LogP contribution in [0.2, 0.25) is 0 Å². The van der Waals surface area contributed by atoms with E-state index in [1.807, 2.05) is 0 Å². The van der Waals surface area contributed by atoms with Gasteiger partial charge in [-0.15, -0.1) is 4.28 Å². The molecule has 0 N–H and O–H groups in total. The molecule has 0 aromatic heterocycles. The summed E-state index contributed by atoms with van der Waals surface area (Å²) in [5.74, 6) is -0.918. The van der Waals surface area contributed by atoms with Gasteiger partial charge in [0.15, 0.2) is 0 Å². The summed E-state index contributed by atoms with van der Waals surface area (Å²) in [5, 5.41) is 0.0514. The normalized spacial score (nSPS) is 12.2. The maximum atomic E-state index is 12.0. The smallest absolute Gasteiger partial charge is 0.272 e. The lowest BCUT2D eigenvalue weighted by atomic mass is 10.1. The number of carbonyl (C=O) groups is 1. The van der Waals surface area contributed by atoms with Crippen LogP contribution in [0.5, 0.6) is 0 Å². The highest BCUT2D eigenvalue weighted by molar-refractivity contribution is 7.87. The molecular formula is C10H10F3NO4S. The SMILES string of the molecule is CN(OS(=O)(=O)C(F)(F)F)C(=O)Cc1ccccc1. The molecule has 1 rings (SSSR count). The number of nitrogens with zero attached hydrogens (tertiary/aromatic N) is 1. The largest absolute Gasteiger partial charge is 0.525 e. The first-order valence-corrected chi connectivity index (χ1v) is 6.35. The van der Waals surface area contributed by atoms with Crippen molar-refractivity contribution in [1.29, 1.82) is 0 Å². The minimum absolute atomic E-state index is 0.0514. The van der Waals surface area contributed by atoms with Gasteiger partial charge in [0.05, 0.1) is 6.42 Å². The fraction of sp³-hybridized carbons (Fsp3) is 0.300. The maximum absolute atomic E-state index is 12.0. The van der Waals surface area contributed by atoms with E-state index < -0.39 is 21.5 Å². The van der Waals surface area contributed by atoms with Crippen LogP contribution in [0.1, 0.15) is 5.56 Å². The van der Waals surface area contributed by atoms with Crippen LogP contribution in [-0.2, 0) is 25.6 Å². The standard InChI is InChI=1S/C10H10F3NO4S/c1-14(18-19(16,17)10(11,12)13)9(15)7-8-5-3-2-4-6-8/h2-6H,7H2,1H3. The van der Waals surface area contributed by atoms with E-state index in [2.05, 4.69) is 4.28 Å². The first-order chi connectivity index (χ1) is 8.63. The summed E-state index contributed by atoms with van der Waals surface area (Å²) in [4.78, 5) is 11.5. The van der Waals surface area contributed by atoms with Crippen molar-refractivity contribution in [3.8, 4) is 0 Å². The molecule has 0 unspecified atom stereocenters. The Morgan fingerprint density at radius 3 is 2.26 bits per heavy atom. The average Bonchev–Trinajstić information content (AvgIpc) is 2.28. The number of halogens is 3. The molecule has 0 aliphatic carbocycles. The van der Waals surface area contributed by atoms with E-state index in [4.69, 9.17) is 0 Å². The highest BCUT2D eigenvalue weighted by Crippen LogP contribution is 2.25. The molecule has 1 aromatic carbocycles. The number of rotatable bonds is 4. The number of alkyl halides is 3. The van der Waals surface area contributed by atoms with Crippen LogP contribution in [-0.4, -0.2) is 31.9 Å². The molecule has 0 saturated heterocycles. The van der Waals surface area contributed by atoms with Crippen LogP contribution in [0.25, 0.3) is 0 Å². The van der Waals surface area contributed by atoms with Crippen molar-refractivity contribution >= 4 is 16.0 Å². The molecule has 0 aliphatic rings. The van der Waals surface area contributed by atoms with Gasteiger partial charge in [-0.05, 0) is 5.56 Å². The number of carbonyl (C=O) groups excluding carboxylic acids is 1. The molecule has 9 heteroatoms. The Balaban J connectivity index is 2.69. The third-order valence-electron chi connectivity index (χ3n) is 2.04. The number of hydrogen-bond acceptors (Lipinski definition) is 4. The molecule has 0 spiro atoms. The highest BCUT2D eigenvalue weighted by atomic mass is 32.2. The monoisotopic (exact) mass is 297 g/mol. The van der Waals surface area contributed by atoms with Gasteiger partial charge >= 0.3 is 15.6 Å².